The minimum Gasteiger partial charge on any atom is -0.271 e. The zero-order chi connectivity index (χ0) is 11.4. The van der Waals surface area contributed by atoms with Gasteiger partial charge < -0.3 is 0 Å². The van der Waals surface area contributed by atoms with E-state index < -0.39 is 0 Å². The number of nitrogens with one attached hydrogen (secondary N) is 1. The van der Waals surface area contributed by atoms with Gasteiger partial charge in [-0.25, -0.2) is 0 Å². The van der Waals surface area contributed by atoms with E-state index >= 15 is 0 Å². The average Bonchev–Trinajstić information content (AvgIpc) is 2.34. The van der Waals surface area contributed by atoms with Crippen molar-refractivity contribution in [2.24, 2.45) is 5.84 Å². The second kappa shape index (κ2) is 5.66. The molecule has 3 nitrogen and oxygen atoms in total. The second-order valence-electron chi connectivity index (χ2n) is 4.28. The highest BCUT2D eigenvalue weighted by Crippen LogP contribution is 2.34. The largest absolute Gasteiger partial charge is 0.271 e. The Balaban J connectivity index is 2.11. The monoisotopic (exact) mass is 237 g/mol. The van der Waals surface area contributed by atoms with Crippen LogP contribution >= 0.6 is 11.8 Å². The van der Waals surface area contributed by atoms with Crippen molar-refractivity contribution in [1.82, 2.24) is 10.4 Å². The molecule has 1 aromatic heterocycles. The molecule has 0 amide bonds. The summed E-state index contributed by atoms with van der Waals surface area (Å²) in [6, 6.07) is 4.41. The lowest BCUT2D eigenvalue weighted by Gasteiger charge is -2.29. The van der Waals surface area contributed by atoms with Gasteiger partial charge in [-0.1, -0.05) is 12.5 Å². The standard InChI is InChI=1S/C12H19N3S/c1-9-5-6-10(8-14-9)12(15-13)11-4-2-3-7-16-11/h5-6,8,11-12,15H,2-4,7,13H2,1H3. The Kier molecular flexibility index (Phi) is 4.21. The zero-order valence-electron chi connectivity index (χ0n) is 9.65. The van der Waals surface area contributed by atoms with Gasteiger partial charge >= 0.3 is 0 Å². The van der Waals surface area contributed by atoms with E-state index in [1.54, 1.807) is 0 Å². The molecule has 0 spiro atoms. The van der Waals surface area contributed by atoms with Crippen LogP contribution in [-0.2, 0) is 0 Å². The molecule has 88 valence electrons. The Morgan fingerprint density at radius 2 is 2.38 bits per heavy atom. The lowest BCUT2D eigenvalue weighted by molar-refractivity contribution is 0.490. The highest BCUT2D eigenvalue weighted by molar-refractivity contribution is 8.00. The normalized spacial score (nSPS) is 23.0. The summed E-state index contributed by atoms with van der Waals surface area (Å²) in [6.45, 7) is 2.00. The van der Waals surface area contributed by atoms with Crippen molar-refractivity contribution in [3.63, 3.8) is 0 Å². The molecule has 2 unspecified atom stereocenters. The summed E-state index contributed by atoms with van der Waals surface area (Å²) in [6.07, 6.45) is 5.84. The lowest BCUT2D eigenvalue weighted by atomic mass is 10.0. The molecule has 2 heterocycles. The van der Waals surface area contributed by atoms with E-state index in [-0.39, 0.29) is 6.04 Å². The van der Waals surface area contributed by atoms with Crippen LogP contribution in [0.3, 0.4) is 0 Å². The van der Waals surface area contributed by atoms with E-state index in [9.17, 15) is 0 Å². The number of nitrogens with zero attached hydrogens (tertiary/aromatic N) is 1. The minimum atomic E-state index is 0.235. The SMILES string of the molecule is Cc1ccc(C(NN)C2CCCCS2)cn1. The molecule has 4 heteroatoms. The molecule has 1 aromatic rings. The molecular formula is C12H19N3S. The zero-order valence-corrected chi connectivity index (χ0v) is 10.5. The van der Waals surface area contributed by atoms with Crippen molar-refractivity contribution < 1.29 is 0 Å². The Hall–Kier alpha value is -0.580. The van der Waals surface area contributed by atoms with Crippen LogP contribution in [-0.4, -0.2) is 16.0 Å². The van der Waals surface area contributed by atoms with Gasteiger partial charge in [-0.05, 0) is 37.1 Å². The fourth-order valence-corrected chi connectivity index (χ4v) is 3.54. The topological polar surface area (TPSA) is 50.9 Å². The molecule has 0 radical (unpaired) electrons. The van der Waals surface area contributed by atoms with E-state index in [1.807, 2.05) is 30.9 Å². The Morgan fingerprint density at radius 1 is 1.50 bits per heavy atom. The smallest absolute Gasteiger partial charge is 0.0593 e. The summed E-state index contributed by atoms with van der Waals surface area (Å²) in [4.78, 5) is 4.34. The predicted octanol–water partition coefficient (Wildman–Crippen LogP) is 2.18. The van der Waals surface area contributed by atoms with Gasteiger partial charge in [0.15, 0.2) is 0 Å². The van der Waals surface area contributed by atoms with E-state index in [4.69, 9.17) is 5.84 Å². The number of hydrogen-bond acceptors (Lipinski definition) is 4. The molecule has 2 atom stereocenters. The van der Waals surface area contributed by atoms with E-state index in [0.717, 1.165) is 5.69 Å². The van der Waals surface area contributed by atoms with Crippen LogP contribution in [0.4, 0.5) is 0 Å². The molecule has 0 aromatic carbocycles. The summed E-state index contributed by atoms with van der Waals surface area (Å²) in [5.41, 5.74) is 5.20. The molecule has 1 aliphatic heterocycles. The van der Waals surface area contributed by atoms with Crippen molar-refractivity contribution in [2.75, 3.05) is 5.75 Å². The summed E-state index contributed by atoms with van der Waals surface area (Å²) in [5, 5.41) is 0.586. The molecule has 3 N–H and O–H groups in total. The maximum absolute atomic E-state index is 5.68. The quantitative estimate of drug-likeness (QED) is 0.625. The van der Waals surface area contributed by atoms with Crippen molar-refractivity contribution >= 4 is 11.8 Å². The number of thioether (sulfide) groups is 1. The fourth-order valence-electron chi connectivity index (χ4n) is 2.11. The summed E-state index contributed by atoms with van der Waals surface area (Å²) in [7, 11) is 0. The van der Waals surface area contributed by atoms with Crippen LogP contribution in [0.2, 0.25) is 0 Å². The van der Waals surface area contributed by atoms with Crippen molar-refractivity contribution in [3.8, 4) is 0 Å². The van der Waals surface area contributed by atoms with Gasteiger partial charge in [0.2, 0.25) is 0 Å². The first-order valence-electron chi connectivity index (χ1n) is 5.81. The van der Waals surface area contributed by atoms with E-state index in [1.165, 1.54) is 30.6 Å². The van der Waals surface area contributed by atoms with Crippen LogP contribution in [0.5, 0.6) is 0 Å². The maximum atomic E-state index is 5.68. The Morgan fingerprint density at radius 3 is 2.94 bits per heavy atom. The number of aryl methyl sites for hydroxylation is 1. The molecule has 0 saturated carbocycles. The van der Waals surface area contributed by atoms with Gasteiger partial charge in [-0.2, -0.15) is 11.8 Å². The molecule has 2 rings (SSSR count). The molecule has 16 heavy (non-hydrogen) atoms. The lowest BCUT2D eigenvalue weighted by Crippen LogP contribution is -2.36. The number of aromatic nitrogens is 1. The second-order valence-corrected chi connectivity index (χ2v) is 5.63. The molecule has 0 aliphatic carbocycles. The molecule has 1 saturated heterocycles. The van der Waals surface area contributed by atoms with Crippen molar-refractivity contribution in [1.29, 1.82) is 0 Å². The number of pyridine rings is 1. The van der Waals surface area contributed by atoms with E-state index in [2.05, 4.69) is 16.5 Å². The van der Waals surface area contributed by atoms with Gasteiger partial charge in [0.05, 0.1) is 6.04 Å². The molecule has 0 bridgehead atoms. The molecular weight excluding hydrogens is 218 g/mol. The highest BCUT2D eigenvalue weighted by atomic mass is 32.2. The van der Waals surface area contributed by atoms with Crippen LogP contribution in [0.25, 0.3) is 0 Å². The average molecular weight is 237 g/mol. The van der Waals surface area contributed by atoms with Crippen LogP contribution in [0.15, 0.2) is 18.3 Å². The molecule has 1 aliphatic rings. The number of rotatable bonds is 3. The van der Waals surface area contributed by atoms with E-state index in [0.29, 0.717) is 5.25 Å². The highest BCUT2D eigenvalue weighted by Gasteiger charge is 2.24. The maximum Gasteiger partial charge on any atom is 0.0593 e. The Bertz CT molecular complexity index is 320. The van der Waals surface area contributed by atoms with Gasteiger partial charge in [0.25, 0.3) is 0 Å². The third-order valence-corrected chi connectivity index (χ3v) is 4.52. The summed E-state index contributed by atoms with van der Waals surface area (Å²) >= 11 is 2.02. The third-order valence-electron chi connectivity index (χ3n) is 3.06. The third kappa shape index (κ3) is 2.75. The summed E-state index contributed by atoms with van der Waals surface area (Å²) < 4.78 is 0. The van der Waals surface area contributed by atoms with Crippen LogP contribution in [0, 0.1) is 6.92 Å². The predicted molar refractivity (Wildman–Crippen MR) is 69.1 cm³/mol. The minimum absolute atomic E-state index is 0.235. The number of nitrogens with two attached hydrogens (primary N) is 1. The number of hydrazine groups is 1. The first kappa shape index (κ1) is 11.9. The fraction of sp³-hybridized carbons (Fsp3) is 0.583. The van der Waals surface area contributed by atoms with Crippen LogP contribution in [0.1, 0.15) is 36.6 Å². The Labute approximate surface area is 101 Å². The van der Waals surface area contributed by atoms with Crippen LogP contribution < -0.4 is 11.3 Å². The number of hydrogen-bond donors (Lipinski definition) is 2. The van der Waals surface area contributed by atoms with Crippen molar-refractivity contribution in [2.45, 2.75) is 37.5 Å². The first-order chi connectivity index (χ1) is 7.81. The first-order valence-corrected chi connectivity index (χ1v) is 6.86. The molecule has 1 fully saturated rings. The van der Waals surface area contributed by atoms with Gasteiger partial charge in [0, 0.05) is 17.1 Å². The van der Waals surface area contributed by atoms with Gasteiger partial charge in [0.1, 0.15) is 0 Å². The van der Waals surface area contributed by atoms with Crippen molar-refractivity contribution in [3.05, 3.63) is 29.6 Å². The van der Waals surface area contributed by atoms with Gasteiger partial charge in [-0.15, -0.1) is 0 Å². The van der Waals surface area contributed by atoms with Gasteiger partial charge in [-0.3, -0.25) is 16.3 Å². The summed E-state index contributed by atoms with van der Waals surface area (Å²) in [5.74, 6) is 6.93.